The van der Waals surface area contributed by atoms with Gasteiger partial charge in [-0.1, -0.05) is 43.5 Å². The van der Waals surface area contributed by atoms with Crippen LogP contribution in [-0.4, -0.2) is 29.0 Å². The fourth-order valence-corrected chi connectivity index (χ4v) is 4.49. The second kappa shape index (κ2) is 11.2. The van der Waals surface area contributed by atoms with Gasteiger partial charge in [0.2, 0.25) is 0 Å². The lowest BCUT2D eigenvalue weighted by molar-refractivity contribution is -0.133. The molecule has 184 valence electrons. The van der Waals surface area contributed by atoms with Gasteiger partial charge in [0, 0.05) is 20.0 Å². The van der Waals surface area contributed by atoms with Gasteiger partial charge < -0.3 is 15.4 Å². The molecule has 0 radical (unpaired) electrons. The molecule has 1 aromatic heterocycles. The average molecular weight is 635 g/mol. The van der Waals surface area contributed by atoms with Crippen molar-refractivity contribution in [3.8, 4) is 5.75 Å². The van der Waals surface area contributed by atoms with Gasteiger partial charge in [-0.3, -0.25) is 19.8 Å². The number of halogens is 3. The third-order valence-corrected chi connectivity index (χ3v) is 6.32. The normalized spacial score (nSPS) is 10.7. The number of fused-ring (bicyclic) bond motifs is 1. The number of hydrogen-bond donors (Lipinski definition) is 3. The first-order valence-electron chi connectivity index (χ1n) is 10.7. The van der Waals surface area contributed by atoms with E-state index >= 15 is 0 Å². The van der Waals surface area contributed by atoms with Crippen LogP contribution in [0.15, 0.2) is 75.7 Å². The van der Waals surface area contributed by atoms with Gasteiger partial charge in [-0.2, -0.15) is 0 Å². The lowest BCUT2D eigenvalue weighted by atomic mass is 10.2. The first-order chi connectivity index (χ1) is 17.2. The lowest BCUT2D eigenvalue weighted by Crippen LogP contribution is -2.36. The van der Waals surface area contributed by atoms with Crippen LogP contribution in [0.5, 0.6) is 5.75 Å². The number of nitrogens with zero attached hydrogens (tertiary/aromatic N) is 1. The largest absolute Gasteiger partial charge is 0.494 e. The van der Waals surface area contributed by atoms with Crippen LogP contribution < -0.4 is 20.8 Å². The minimum Gasteiger partial charge on any atom is -0.494 e. The summed E-state index contributed by atoms with van der Waals surface area (Å²) in [6.45, 7) is 2.41. The fraction of sp³-hybridized carbons (Fsp3) is 0.0800. The molecule has 36 heavy (non-hydrogen) atoms. The van der Waals surface area contributed by atoms with E-state index in [0.717, 1.165) is 8.95 Å². The summed E-state index contributed by atoms with van der Waals surface area (Å²) in [7, 11) is 0. The second-order valence-corrected chi connectivity index (χ2v) is 9.74. The minimum absolute atomic E-state index is 0.125. The van der Waals surface area contributed by atoms with Crippen LogP contribution in [-0.2, 0) is 9.59 Å². The lowest BCUT2D eigenvalue weighted by Gasteiger charge is -2.13. The monoisotopic (exact) mass is 632 g/mol. The smallest absolute Gasteiger partial charge is 0.328 e. The van der Waals surface area contributed by atoms with Gasteiger partial charge in [0.1, 0.15) is 11.4 Å². The van der Waals surface area contributed by atoms with Gasteiger partial charge in [0.15, 0.2) is 0 Å². The Morgan fingerprint density at radius 3 is 2.28 bits per heavy atom. The van der Waals surface area contributed by atoms with E-state index in [0.29, 0.717) is 28.9 Å². The van der Waals surface area contributed by atoms with Gasteiger partial charge in [-0.25, -0.2) is 4.68 Å². The molecule has 0 aliphatic carbocycles. The van der Waals surface area contributed by atoms with Crippen LogP contribution in [0.1, 0.15) is 17.4 Å². The highest BCUT2D eigenvalue weighted by Gasteiger charge is 2.22. The van der Waals surface area contributed by atoms with E-state index in [4.69, 9.17) is 16.3 Å². The van der Waals surface area contributed by atoms with Gasteiger partial charge >= 0.3 is 11.8 Å². The Morgan fingerprint density at radius 2 is 1.58 bits per heavy atom. The Kier molecular flexibility index (Phi) is 7.97. The zero-order chi connectivity index (χ0) is 25.8. The van der Waals surface area contributed by atoms with Crippen LogP contribution >= 0.6 is 43.5 Å². The van der Waals surface area contributed by atoms with Crippen molar-refractivity contribution in [1.82, 2.24) is 4.68 Å². The number of rotatable bonds is 6. The zero-order valence-corrected chi connectivity index (χ0v) is 22.7. The molecule has 0 aliphatic rings. The summed E-state index contributed by atoms with van der Waals surface area (Å²) in [4.78, 5) is 38.6. The van der Waals surface area contributed by atoms with E-state index in [1.54, 1.807) is 66.7 Å². The van der Waals surface area contributed by atoms with Crippen LogP contribution in [0.2, 0.25) is 5.02 Å². The van der Waals surface area contributed by atoms with E-state index in [1.165, 1.54) is 4.68 Å². The molecule has 0 fully saturated rings. The predicted octanol–water partition coefficient (Wildman–Crippen LogP) is 6.18. The quantitative estimate of drug-likeness (QED) is 0.221. The number of nitrogens with one attached hydrogen (secondary N) is 3. The SMILES string of the molecule is CCOc1ccc(NC(=O)c2cc3cc(Br)ccc3n2NC(=O)C(=O)Nc2ccc(Br)cc2Cl)cc1. The molecule has 0 spiro atoms. The summed E-state index contributed by atoms with van der Waals surface area (Å²) >= 11 is 12.8. The van der Waals surface area contributed by atoms with Crippen molar-refractivity contribution in [2.45, 2.75) is 6.92 Å². The van der Waals surface area contributed by atoms with Crippen molar-refractivity contribution >= 4 is 83.5 Å². The highest BCUT2D eigenvalue weighted by atomic mass is 79.9. The van der Waals surface area contributed by atoms with Crippen LogP contribution in [0.4, 0.5) is 11.4 Å². The molecule has 4 aromatic rings. The van der Waals surface area contributed by atoms with Crippen molar-refractivity contribution in [2.24, 2.45) is 0 Å². The predicted molar refractivity (Wildman–Crippen MR) is 147 cm³/mol. The Labute approximate surface area is 228 Å². The van der Waals surface area contributed by atoms with Crippen molar-refractivity contribution < 1.29 is 19.1 Å². The number of amides is 3. The molecule has 1 heterocycles. The number of carbonyl (C=O) groups excluding carboxylic acids is 3. The van der Waals surface area contributed by atoms with Gasteiger partial charge in [-0.05, 0) is 73.7 Å². The molecular formula is C25H19Br2ClN4O4. The molecule has 0 saturated heterocycles. The number of hydrogen-bond acceptors (Lipinski definition) is 4. The number of carbonyl (C=O) groups is 3. The number of aromatic nitrogens is 1. The highest BCUT2D eigenvalue weighted by Crippen LogP contribution is 2.26. The molecule has 3 N–H and O–H groups in total. The number of benzene rings is 3. The topological polar surface area (TPSA) is 101 Å². The summed E-state index contributed by atoms with van der Waals surface area (Å²) in [5, 5.41) is 6.21. The molecule has 8 nitrogen and oxygen atoms in total. The minimum atomic E-state index is -0.982. The fourth-order valence-electron chi connectivity index (χ4n) is 3.39. The van der Waals surface area contributed by atoms with E-state index in [9.17, 15) is 14.4 Å². The number of ether oxygens (including phenoxy) is 1. The highest BCUT2D eigenvalue weighted by molar-refractivity contribution is 9.10. The Balaban J connectivity index is 1.59. The van der Waals surface area contributed by atoms with E-state index in [2.05, 4.69) is 47.9 Å². The van der Waals surface area contributed by atoms with Crippen molar-refractivity contribution in [1.29, 1.82) is 0 Å². The van der Waals surface area contributed by atoms with Crippen LogP contribution in [0, 0.1) is 0 Å². The first-order valence-corrected chi connectivity index (χ1v) is 12.6. The molecule has 11 heteroatoms. The average Bonchev–Trinajstić information content (AvgIpc) is 3.19. The third kappa shape index (κ3) is 5.89. The molecule has 0 saturated carbocycles. The summed E-state index contributed by atoms with van der Waals surface area (Å²) in [6.07, 6.45) is 0. The maximum Gasteiger partial charge on any atom is 0.328 e. The molecule has 0 atom stereocenters. The molecule has 0 unspecified atom stereocenters. The summed E-state index contributed by atoms with van der Waals surface area (Å²) in [5.74, 6) is -1.73. The summed E-state index contributed by atoms with van der Waals surface area (Å²) in [5.41, 5.74) is 3.97. The van der Waals surface area contributed by atoms with Crippen molar-refractivity contribution in [3.63, 3.8) is 0 Å². The van der Waals surface area contributed by atoms with Crippen LogP contribution in [0.25, 0.3) is 10.9 Å². The van der Waals surface area contributed by atoms with Gasteiger partial charge in [0.25, 0.3) is 5.91 Å². The Bertz CT molecular complexity index is 1470. The van der Waals surface area contributed by atoms with Crippen LogP contribution in [0.3, 0.4) is 0 Å². The van der Waals surface area contributed by atoms with E-state index in [-0.39, 0.29) is 16.4 Å². The molecular weight excluding hydrogens is 616 g/mol. The van der Waals surface area contributed by atoms with Gasteiger partial charge in [0.05, 0.1) is 22.8 Å². The summed E-state index contributed by atoms with van der Waals surface area (Å²) in [6, 6.07) is 18.6. The third-order valence-electron chi connectivity index (χ3n) is 5.02. The van der Waals surface area contributed by atoms with Crippen molar-refractivity contribution in [2.75, 3.05) is 22.7 Å². The summed E-state index contributed by atoms with van der Waals surface area (Å²) < 4.78 is 8.22. The Hall–Kier alpha value is -3.34. The Morgan fingerprint density at radius 1 is 0.889 bits per heavy atom. The van der Waals surface area contributed by atoms with E-state index in [1.807, 2.05) is 6.92 Å². The standard InChI is InChI=1S/C25H19Br2ClN4O4/c1-2-36-18-7-5-17(6-8-18)29-23(33)22-12-14-11-15(26)4-10-21(14)32(22)31-25(35)24(34)30-20-9-3-16(27)13-19(20)28/h3-13H,2H2,1H3,(H,29,33)(H,30,34)(H,31,35). The molecule has 3 aromatic carbocycles. The molecule has 0 bridgehead atoms. The molecule has 4 rings (SSSR count). The maximum atomic E-state index is 13.2. The zero-order valence-electron chi connectivity index (χ0n) is 18.8. The first kappa shape index (κ1) is 25.7. The van der Waals surface area contributed by atoms with E-state index < -0.39 is 17.7 Å². The molecule has 0 aliphatic heterocycles. The number of anilines is 2. The second-order valence-electron chi connectivity index (χ2n) is 7.50. The molecule has 3 amide bonds. The van der Waals surface area contributed by atoms with Crippen molar-refractivity contribution in [3.05, 3.63) is 86.4 Å². The van der Waals surface area contributed by atoms with Gasteiger partial charge in [-0.15, -0.1) is 0 Å². The maximum absolute atomic E-state index is 13.2.